The average molecular weight is 501 g/mol. The van der Waals surface area contributed by atoms with Crippen molar-refractivity contribution in [1.29, 1.82) is 5.26 Å². The third-order valence-electron chi connectivity index (χ3n) is 6.14. The summed E-state index contributed by atoms with van der Waals surface area (Å²) in [6, 6.07) is 18.3. The monoisotopic (exact) mass is 500 g/mol. The van der Waals surface area contributed by atoms with Gasteiger partial charge in [-0.15, -0.1) is 0 Å². The van der Waals surface area contributed by atoms with Crippen LogP contribution in [0.1, 0.15) is 35.1 Å². The molecule has 37 heavy (non-hydrogen) atoms. The number of rotatable bonds is 8. The van der Waals surface area contributed by atoms with Crippen molar-refractivity contribution in [3.8, 4) is 34.8 Å². The second-order valence-corrected chi connectivity index (χ2v) is 8.43. The van der Waals surface area contributed by atoms with Crippen LogP contribution in [0.5, 0.6) is 28.7 Å². The zero-order chi connectivity index (χ0) is 26.5. The van der Waals surface area contributed by atoms with Crippen molar-refractivity contribution < 1.29 is 28.5 Å². The molecule has 1 heterocycles. The Balaban J connectivity index is 1.58. The Kier molecular flexibility index (Phi) is 7.54. The van der Waals surface area contributed by atoms with Gasteiger partial charge in [0.25, 0.3) is 0 Å². The Labute approximate surface area is 215 Å². The number of hydrogen-bond acceptors (Lipinski definition) is 8. The van der Waals surface area contributed by atoms with Crippen LogP contribution in [0.15, 0.2) is 66.1 Å². The number of ether oxygens (including phenoxy) is 5. The lowest BCUT2D eigenvalue weighted by Crippen LogP contribution is -2.22. The van der Waals surface area contributed by atoms with Crippen molar-refractivity contribution in [2.75, 3.05) is 20.3 Å². The van der Waals surface area contributed by atoms with Crippen LogP contribution in [0.4, 0.5) is 0 Å². The lowest BCUT2D eigenvalue weighted by atomic mass is 9.83. The van der Waals surface area contributed by atoms with Crippen LogP contribution in [0.3, 0.4) is 0 Å². The molecule has 1 aliphatic heterocycles. The fraction of sp³-hybridized carbons (Fsp3) is 0.241. The minimum atomic E-state index is -0.564. The van der Waals surface area contributed by atoms with Gasteiger partial charge in [0.1, 0.15) is 28.9 Å². The maximum Gasteiger partial charge on any atom is 0.349 e. The van der Waals surface area contributed by atoms with Crippen LogP contribution in [-0.4, -0.2) is 26.3 Å². The first-order valence-corrected chi connectivity index (χ1v) is 11.8. The van der Waals surface area contributed by atoms with Crippen LogP contribution in [0.2, 0.25) is 0 Å². The molecule has 0 aliphatic carbocycles. The lowest BCUT2D eigenvalue weighted by molar-refractivity contribution is -0.136. The average Bonchev–Trinajstić information content (AvgIpc) is 2.89. The predicted molar refractivity (Wildman–Crippen MR) is 137 cm³/mol. The number of fused-ring (bicyclic) bond motifs is 1. The smallest absolute Gasteiger partial charge is 0.349 e. The highest BCUT2D eigenvalue weighted by Crippen LogP contribution is 2.45. The second kappa shape index (κ2) is 11.0. The highest BCUT2D eigenvalue weighted by molar-refractivity contribution is 5.74. The molecule has 190 valence electrons. The van der Waals surface area contributed by atoms with Gasteiger partial charge in [0.2, 0.25) is 5.88 Å². The molecule has 8 heteroatoms. The van der Waals surface area contributed by atoms with E-state index in [0.717, 1.165) is 16.7 Å². The Bertz CT molecular complexity index is 1410. The highest BCUT2D eigenvalue weighted by atomic mass is 16.6. The van der Waals surface area contributed by atoms with E-state index in [1.807, 2.05) is 45.0 Å². The largest absolute Gasteiger partial charge is 0.493 e. The second-order valence-electron chi connectivity index (χ2n) is 8.43. The van der Waals surface area contributed by atoms with E-state index in [-0.39, 0.29) is 23.8 Å². The van der Waals surface area contributed by atoms with Crippen LogP contribution in [0.25, 0.3) is 0 Å². The van der Waals surface area contributed by atoms with E-state index in [1.54, 1.807) is 37.4 Å². The topological polar surface area (TPSA) is 113 Å². The maximum absolute atomic E-state index is 12.5. The molecule has 0 saturated carbocycles. The summed E-state index contributed by atoms with van der Waals surface area (Å²) < 4.78 is 28.0. The standard InChI is InChI=1S/C29H28N2O6/c1-5-34-24-12-9-19(13-26(24)33-4)28-21-11-10-20(14-25(21)37-29(31)22(28)15-30)36-27(32)16-35-23-8-6-7-17(2)18(23)3/h6-14,28H,5,16,31H2,1-4H3. The van der Waals surface area contributed by atoms with Gasteiger partial charge in [-0.3, -0.25) is 0 Å². The number of methoxy groups -OCH3 is 1. The van der Waals surface area contributed by atoms with Crippen molar-refractivity contribution >= 4 is 5.97 Å². The van der Waals surface area contributed by atoms with Gasteiger partial charge in [-0.05, 0) is 61.7 Å². The SMILES string of the molecule is CCOc1ccc(C2C(C#N)=C(N)Oc3cc(OC(=O)COc4cccc(C)c4C)ccc32)cc1OC. The van der Waals surface area contributed by atoms with E-state index in [0.29, 0.717) is 35.2 Å². The van der Waals surface area contributed by atoms with Gasteiger partial charge >= 0.3 is 5.97 Å². The Morgan fingerprint density at radius 3 is 2.59 bits per heavy atom. The molecule has 0 amide bonds. The van der Waals surface area contributed by atoms with Gasteiger partial charge in [0.15, 0.2) is 18.1 Å². The number of esters is 1. The summed E-state index contributed by atoms with van der Waals surface area (Å²) in [5.41, 5.74) is 9.89. The predicted octanol–water partition coefficient (Wildman–Crippen LogP) is 4.91. The summed E-state index contributed by atoms with van der Waals surface area (Å²) in [5.74, 6) is 1.33. The van der Waals surface area contributed by atoms with Crippen LogP contribution < -0.4 is 29.4 Å². The Hall–Kier alpha value is -4.64. The number of carbonyl (C=O) groups is 1. The van der Waals surface area contributed by atoms with Gasteiger partial charge in [-0.2, -0.15) is 5.26 Å². The van der Waals surface area contributed by atoms with E-state index >= 15 is 0 Å². The normalized spacial score (nSPS) is 14.2. The molecule has 0 saturated heterocycles. The Morgan fingerprint density at radius 1 is 1.05 bits per heavy atom. The molecule has 3 aromatic rings. The van der Waals surface area contributed by atoms with Gasteiger partial charge in [-0.1, -0.05) is 24.3 Å². The number of carbonyl (C=O) groups excluding carboxylic acids is 1. The quantitative estimate of drug-likeness (QED) is 0.343. The molecule has 0 aromatic heterocycles. The lowest BCUT2D eigenvalue weighted by Gasteiger charge is -2.27. The summed E-state index contributed by atoms with van der Waals surface area (Å²) >= 11 is 0. The van der Waals surface area contributed by atoms with E-state index in [2.05, 4.69) is 6.07 Å². The van der Waals surface area contributed by atoms with Gasteiger partial charge in [0, 0.05) is 11.6 Å². The molecule has 3 aromatic carbocycles. The number of nitrogens with zero attached hydrogens (tertiary/aromatic N) is 1. The number of nitriles is 1. The molecule has 0 radical (unpaired) electrons. The van der Waals surface area contributed by atoms with Crippen molar-refractivity contribution in [2.45, 2.75) is 26.7 Å². The van der Waals surface area contributed by atoms with Crippen molar-refractivity contribution in [3.63, 3.8) is 0 Å². The van der Waals surface area contributed by atoms with Crippen LogP contribution in [-0.2, 0) is 4.79 Å². The molecule has 1 unspecified atom stereocenters. The fourth-order valence-corrected chi connectivity index (χ4v) is 4.16. The summed E-state index contributed by atoms with van der Waals surface area (Å²) in [7, 11) is 1.56. The first-order chi connectivity index (χ1) is 17.9. The third-order valence-corrected chi connectivity index (χ3v) is 6.14. The molecule has 4 rings (SSSR count). The molecular formula is C29H28N2O6. The highest BCUT2D eigenvalue weighted by Gasteiger charge is 2.31. The summed E-state index contributed by atoms with van der Waals surface area (Å²) in [4.78, 5) is 12.5. The fourth-order valence-electron chi connectivity index (χ4n) is 4.16. The third kappa shape index (κ3) is 5.31. The zero-order valence-electron chi connectivity index (χ0n) is 21.2. The molecule has 1 aliphatic rings. The Morgan fingerprint density at radius 2 is 1.86 bits per heavy atom. The number of nitrogens with two attached hydrogens (primary N) is 1. The first kappa shape index (κ1) is 25.5. The van der Waals surface area contributed by atoms with E-state index in [9.17, 15) is 10.1 Å². The van der Waals surface area contributed by atoms with Crippen molar-refractivity contribution in [3.05, 3.63) is 88.3 Å². The molecule has 0 bridgehead atoms. The number of aryl methyl sites for hydroxylation is 1. The first-order valence-electron chi connectivity index (χ1n) is 11.8. The number of benzene rings is 3. The molecule has 2 N–H and O–H groups in total. The van der Waals surface area contributed by atoms with Gasteiger partial charge in [0.05, 0.1) is 19.6 Å². The van der Waals surface area contributed by atoms with E-state index in [1.165, 1.54) is 0 Å². The summed E-state index contributed by atoms with van der Waals surface area (Å²) in [6.07, 6.45) is 0. The van der Waals surface area contributed by atoms with E-state index in [4.69, 9.17) is 29.4 Å². The molecular weight excluding hydrogens is 472 g/mol. The molecule has 8 nitrogen and oxygen atoms in total. The van der Waals surface area contributed by atoms with Crippen molar-refractivity contribution in [1.82, 2.24) is 0 Å². The van der Waals surface area contributed by atoms with Gasteiger partial charge < -0.3 is 29.4 Å². The molecule has 0 fully saturated rings. The maximum atomic E-state index is 12.5. The summed E-state index contributed by atoms with van der Waals surface area (Å²) in [6.45, 7) is 6.03. The van der Waals surface area contributed by atoms with Crippen LogP contribution >= 0.6 is 0 Å². The molecule has 0 spiro atoms. The van der Waals surface area contributed by atoms with Crippen LogP contribution in [0, 0.1) is 25.2 Å². The summed E-state index contributed by atoms with van der Waals surface area (Å²) in [5, 5.41) is 9.84. The minimum Gasteiger partial charge on any atom is -0.493 e. The van der Waals surface area contributed by atoms with E-state index < -0.39 is 11.9 Å². The minimum absolute atomic E-state index is 0.0189. The molecule has 1 atom stereocenters. The number of allylic oxidation sites excluding steroid dienone is 1. The number of hydrogen-bond donors (Lipinski definition) is 1. The zero-order valence-corrected chi connectivity index (χ0v) is 21.2. The van der Waals surface area contributed by atoms with Crippen molar-refractivity contribution in [2.24, 2.45) is 5.73 Å². The van der Waals surface area contributed by atoms with Gasteiger partial charge in [-0.25, -0.2) is 4.79 Å².